The average molecular weight is 534 g/mol. The molecule has 176 valence electrons. The van der Waals surface area contributed by atoms with Crippen molar-refractivity contribution in [1.29, 1.82) is 0 Å². The third-order valence-electron chi connectivity index (χ3n) is 4.66. The Morgan fingerprint density at radius 1 is 1.09 bits per heavy atom. The van der Waals surface area contributed by atoms with Crippen molar-refractivity contribution in [2.45, 2.75) is 36.3 Å². The second-order valence-corrected chi connectivity index (χ2v) is 11.1. The summed E-state index contributed by atoms with van der Waals surface area (Å²) in [6.45, 7) is 6.19. The van der Waals surface area contributed by atoms with Gasteiger partial charge in [0.05, 0.1) is 25.6 Å². The van der Waals surface area contributed by atoms with Gasteiger partial charge in [-0.15, -0.1) is 11.8 Å². The summed E-state index contributed by atoms with van der Waals surface area (Å²) in [4.78, 5) is 21.1. The van der Waals surface area contributed by atoms with Crippen molar-refractivity contribution in [2.75, 3.05) is 0 Å². The number of thiazole rings is 1. The van der Waals surface area contributed by atoms with Crippen LogP contribution >= 0.6 is 46.3 Å². The number of hydrogen-bond donors (Lipinski definition) is 1. The first-order valence-electron chi connectivity index (χ1n) is 10.2. The van der Waals surface area contributed by atoms with E-state index in [1.807, 2.05) is 55.6 Å². The second kappa shape index (κ2) is 11.8. The first kappa shape index (κ1) is 26.2. The number of thioether (sulfide) groups is 1. The van der Waals surface area contributed by atoms with Crippen LogP contribution in [0.15, 0.2) is 58.9 Å². The van der Waals surface area contributed by atoms with Crippen molar-refractivity contribution in [2.24, 2.45) is 0 Å². The van der Waals surface area contributed by atoms with E-state index in [4.69, 9.17) is 37.8 Å². The van der Waals surface area contributed by atoms with Gasteiger partial charge in [0.25, 0.3) is 0 Å². The molecular weight excluding hydrogens is 513 g/mol. The Morgan fingerprint density at radius 3 is 2.38 bits per heavy atom. The van der Waals surface area contributed by atoms with Crippen LogP contribution < -0.4 is 0 Å². The first-order valence-corrected chi connectivity index (χ1v) is 12.6. The van der Waals surface area contributed by atoms with Crippen LogP contribution in [0.2, 0.25) is 10.0 Å². The molecular formula is C24H21Cl2N3O3S2. The molecule has 1 unspecified atom stereocenters. The fourth-order valence-corrected chi connectivity index (χ4v) is 5.91. The number of carbonyl (C=O) groups excluding carboxylic acids is 2. The molecule has 0 aliphatic rings. The molecule has 0 bridgehead atoms. The Bertz CT molecular complexity index is 1300. The van der Waals surface area contributed by atoms with Crippen molar-refractivity contribution in [1.82, 2.24) is 14.8 Å². The number of aryl methyl sites for hydroxylation is 1. The van der Waals surface area contributed by atoms with E-state index in [1.54, 1.807) is 33.8 Å². The lowest BCUT2D eigenvalue weighted by molar-refractivity contribution is -0.191. The van der Waals surface area contributed by atoms with Crippen LogP contribution in [-0.4, -0.2) is 31.3 Å². The van der Waals surface area contributed by atoms with Crippen LogP contribution in [0.5, 0.6) is 0 Å². The molecule has 1 N–H and O–H groups in total. The molecule has 0 saturated carbocycles. The predicted octanol–water partition coefficient (Wildman–Crippen LogP) is 6.61. The van der Waals surface area contributed by atoms with Gasteiger partial charge in [-0.25, -0.2) is 9.67 Å². The number of halogens is 2. The molecule has 0 saturated heterocycles. The van der Waals surface area contributed by atoms with Crippen molar-refractivity contribution in [3.8, 4) is 16.4 Å². The molecule has 2 heterocycles. The molecule has 0 aliphatic carbocycles. The Morgan fingerprint density at radius 2 is 1.76 bits per heavy atom. The van der Waals surface area contributed by atoms with E-state index in [9.17, 15) is 5.11 Å². The minimum absolute atomic E-state index is 0.250. The number of aromatic nitrogens is 3. The maximum absolute atomic E-state index is 10.8. The standard InChI is InChI=1S/C23H21Cl2N3OS2.CO2/c1-13(2)30-22-20(16-9-10-18(24)19(25)11-16)26-23(31-22)28-12-17(14(3)27-28)21(29)15-7-5-4-6-8-15;2-1-3/h4-13,21,29H,1-3H3;. The van der Waals surface area contributed by atoms with Gasteiger partial charge in [-0.2, -0.15) is 14.7 Å². The highest BCUT2D eigenvalue weighted by molar-refractivity contribution is 8.01. The lowest BCUT2D eigenvalue weighted by Crippen LogP contribution is -1.99. The molecule has 1 atom stereocenters. The van der Waals surface area contributed by atoms with Gasteiger partial charge in [0.15, 0.2) is 0 Å². The number of benzene rings is 2. The molecule has 0 amide bonds. The second-order valence-electron chi connectivity index (χ2n) is 7.44. The van der Waals surface area contributed by atoms with E-state index in [0.717, 1.165) is 37.4 Å². The average Bonchev–Trinajstić information content (AvgIpc) is 3.39. The molecule has 4 aromatic rings. The van der Waals surface area contributed by atoms with Gasteiger partial charge in [0.2, 0.25) is 5.13 Å². The number of rotatable bonds is 6. The molecule has 0 aliphatic heterocycles. The molecule has 0 spiro atoms. The molecule has 10 heteroatoms. The molecule has 2 aromatic carbocycles. The number of nitrogens with zero attached hydrogens (tertiary/aromatic N) is 3. The summed E-state index contributed by atoms with van der Waals surface area (Å²) in [6.07, 6.45) is 1.36. The fourth-order valence-electron chi connectivity index (χ4n) is 3.17. The van der Waals surface area contributed by atoms with Crippen LogP contribution in [0.3, 0.4) is 0 Å². The van der Waals surface area contributed by atoms with Crippen molar-refractivity contribution in [3.63, 3.8) is 0 Å². The molecule has 6 nitrogen and oxygen atoms in total. The van der Waals surface area contributed by atoms with Gasteiger partial charge < -0.3 is 5.11 Å². The van der Waals surface area contributed by atoms with E-state index in [0.29, 0.717) is 15.3 Å². The van der Waals surface area contributed by atoms with Crippen molar-refractivity contribution < 1.29 is 14.7 Å². The number of hydrogen-bond acceptors (Lipinski definition) is 7. The highest BCUT2D eigenvalue weighted by Crippen LogP contribution is 2.41. The van der Waals surface area contributed by atoms with E-state index in [2.05, 4.69) is 18.9 Å². The highest BCUT2D eigenvalue weighted by atomic mass is 35.5. The highest BCUT2D eigenvalue weighted by Gasteiger charge is 2.21. The Hall–Kier alpha value is -2.45. The summed E-state index contributed by atoms with van der Waals surface area (Å²) in [5.41, 5.74) is 4.12. The van der Waals surface area contributed by atoms with Gasteiger partial charge in [-0.1, -0.05) is 84.8 Å². The van der Waals surface area contributed by atoms with E-state index in [1.165, 1.54) is 0 Å². The Balaban J connectivity index is 0.00000103. The Kier molecular flexibility index (Phi) is 9.08. The van der Waals surface area contributed by atoms with E-state index >= 15 is 0 Å². The maximum Gasteiger partial charge on any atom is 0.373 e. The summed E-state index contributed by atoms with van der Waals surface area (Å²) < 4.78 is 2.83. The fraction of sp³-hybridized carbons (Fsp3) is 0.208. The number of aliphatic hydroxyl groups excluding tert-OH is 1. The third-order valence-corrected chi connectivity index (χ3v) is 7.66. The van der Waals surface area contributed by atoms with Gasteiger partial charge in [-0.05, 0) is 24.6 Å². The van der Waals surface area contributed by atoms with Crippen LogP contribution in [0, 0.1) is 6.92 Å². The van der Waals surface area contributed by atoms with Gasteiger partial charge in [0, 0.05) is 22.6 Å². The van der Waals surface area contributed by atoms with Crippen molar-refractivity contribution >= 4 is 52.5 Å². The summed E-state index contributed by atoms with van der Waals surface area (Å²) in [7, 11) is 0. The summed E-state index contributed by atoms with van der Waals surface area (Å²) in [6, 6.07) is 15.1. The van der Waals surface area contributed by atoms with Crippen LogP contribution in [0.25, 0.3) is 16.4 Å². The maximum atomic E-state index is 10.8. The van der Waals surface area contributed by atoms with Gasteiger partial charge in [0.1, 0.15) is 6.10 Å². The Labute approximate surface area is 215 Å². The van der Waals surface area contributed by atoms with Crippen LogP contribution in [-0.2, 0) is 9.59 Å². The lowest BCUT2D eigenvalue weighted by atomic mass is 10.0. The monoisotopic (exact) mass is 533 g/mol. The van der Waals surface area contributed by atoms with Crippen molar-refractivity contribution in [3.05, 3.63) is 81.6 Å². The molecule has 34 heavy (non-hydrogen) atoms. The van der Waals surface area contributed by atoms with Crippen LogP contribution in [0.4, 0.5) is 0 Å². The van der Waals surface area contributed by atoms with Gasteiger partial charge in [-0.3, -0.25) is 0 Å². The zero-order valence-corrected chi connectivity index (χ0v) is 21.7. The summed E-state index contributed by atoms with van der Waals surface area (Å²) >= 11 is 15.7. The molecule has 4 rings (SSSR count). The van der Waals surface area contributed by atoms with Gasteiger partial charge >= 0.3 is 6.15 Å². The smallest absolute Gasteiger partial charge is 0.373 e. The quantitative estimate of drug-likeness (QED) is 0.280. The van der Waals surface area contributed by atoms with E-state index < -0.39 is 6.10 Å². The predicted molar refractivity (Wildman–Crippen MR) is 136 cm³/mol. The minimum Gasteiger partial charge on any atom is -0.384 e. The zero-order valence-electron chi connectivity index (χ0n) is 18.5. The molecule has 0 fully saturated rings. The number of aliphatic hydroxyl groups is 1. The molecule has 2 aromatic heterocycles. The molecule has 0 radical (unpaired) electrons. The first-order chi connectivity index (χ1) is 16.2. The lowest BCUT2D eigenvalue weighted by Gasteiger charge is -2.09. The zero-order chi connectivity index (χ0) is 24.8. The third kappa shape index (κ3) is 6.16. The minimum atomic E-state index is -0.742. The largest absolute Gasteiger partial charge is 0.384 e. The SMILES string of the molecule is Cc1nn(-c2nc(-c3ccc(Cl)c(Cl)c3)c(SC(C)C)s2)cc1C(O)c1ccccc1.O=C=O. The summed E-state index contributed by atoms with van der Waals surface area (Å²) in [5.74, 6) is 0. The van der Waals surface area contributed by atoms with E-state index in [-0.39, 0.29) is 6.15 Å². The topological polar surface area (TPSA) is 85.1 Å². The van der Waals surface area contributed by atoms with Crippen LogP contribution in [0.1, 0.15) is 36.8 Å². The summed E-state index contributed by atoms with van der Waals surface area (Å²) in [5, 5.41) is 17.6. The normalized spacial score (nSPS) is 11.6.